The number of allylic oxidation sites excluding steroid dienone is 1. The third kappa shape index (κ3) is 4.58. The molecule has 1 N–H and O–H groups in total. The summed E-state index contributed by atoms with van der Waals surface area (Å²) in [4.78, 5) is 6.52. The van der Waals surface area contributed by atoms with E-state index in [1.807, 2.05) is 6.21 Å². The molecule has 0 amide bonds. The number of hydrogen-bond acceptors (Lipinski definition) is 3. The second-order valence-corrected chi connectivity index (χ2v) is 3.89. The standard InChI is InChI=1S/C12H22N2O/c1-2-3-4-5-6-7-12-13-8-9-14(12)10-11-15/h6-8,12,15H,2-5,9-11H2,1H3/b7-6+. The Labute approximate surface area is 92.5 Å². The summed E-state index contributed by atoms with van der Waals surface area (Å²) < 4.78 is 0. The number of aliphatic imine (C=N–C) groups is 1. The monoisotopic (exact) mass is 210 g/mol. The Morgan fingerprint density at radius 1 is 1.53 bits per heavy atom. The van der Waals surface area contributed by atoms with Crippen LogP contribution < -0.4 is 0 Å². The molecule has 1 unspecified atom stereocenters. The number of nitrogens with zero attached hydrogens (tertiary/aromatic N) is 2. The normalized spacial score (nSPS) is 21.9. The van der Waals surface area contributed by atoms with Crippen molar-refractivity contribution in [1.29, 1.82) is 0 Å². The summed E-state index contributed by atoms with van der Waals surface area (Å²) >= 11 is 0. The molecule has 1 atom stereocenters. The van der Waals surface area contributed by atoms with E-state index in [9.17, 15) is 0 Å². The van der Waals surface area contributed by atoms with Crippen molar-refractivity contribution >= 4 is 6.21 Å². The lowest BCUT2D eigenvalue weighted by Crippen LogP contribution is -2.31. The zero-order valence-electron chi connectivity index (χ0n) is 9.60. The minimum atomic E-state index is 0.166. The summed E-state index contributed by atoms with van der Waals surface area (Å²) in [5.74, 6) is 0. The Morgan fingerprint density at radius 2 is 2.40 bits per heavy atom. The van der Waals surface area contributed by atoms with Crippen molar-refractivity contribution in [2.24, 2.45) is 4.99 Å². The molecule has 0 aliphatic carbocycles. The van der Waals surface area contributed by atoms with Crippen LogP contribution in [-0.2, 0) is 0 Å². The Balaban J connectivity index is 2.20. The van der Waals surface area contributed by atoms with Crippen molar-refractivity contribution in [3.63, 3.8) is 0 Å². The molecule has 3 heteroatoms. The highest BCUT2D eigenvalue weighted by molar-refractivity contribution is 5.62. The van der Waals surface area contributed by atoms with Crippen molar-refractivity contribution < 1.29 is 5.11 Å². The summed E-state index contributed by atoms with van der Waals surface area (Å²) in [6.07, 6.45) is 11.4. The highest BCUT2D eigenvalue weighted by Gasteiger charge is 2.16. The minimum absolute atomic E-state index is 0.166. The fraction of sp³-hybridized carbons (Fsp3) is 0.750. The Hall–Kier alpha value is -0.670. The Bertz CT molecular complexity index is 214. The van der Waals surface area contributed by atoms with Crippen molar-refractivity contribution in [1.82, 2.24) is 4.90 Å². The lowest BCUT2D eigenvalue weighted by molar-refractivity contribution is 0.201. The summed E-state index contributed by atoms with van der Waals surface area (Å²) in [6.45, 7) is 4.01. The molecule has 1 aliphatic rings. The molecule has 15 heavy (non-hydrogen) atoms. The molecule has 0 radical (unpaired) electrons. The van der Waals surface area contributed by atoms with Gasteiger partial charge >= 0.3 is 0 Å². The number of rotatable bonds is 7. The van der Waals surface area contributed by atoms with Gasteiger partial charge in [0.1, 0.15) is 6.17 Å². The van der Waals surface area contributed by atoms with Gasteiger partial charge in [0.2, 0.25) is 0 Å². The smallest absolute Gasteiger partial charge is 0.121 e. The highest BCUT2D eigenvalue weighted by Crippen LogP contribution is 2.09. The number of aliphatic hydroxyl groups is 1. The first-order valence-electron chi connectivity index (χ1n) is 5.91. The van der Waals surface area contributed by atoms with Gasteiger partial charge in [-0.2, -0.15) is 0 Å². The number of unbranched alkanes of at least 4 members (excludes halogenated alkanes) is 3. The first-order valence-corrected chi connectivity index (χ1v) is 5.91. The molecule has 0 aromatic heterocycles. The summed E-state index contributed by atoms with van der Waals surface area (Å²) in [7, 11) is 0. The number of β-amino-alcohol motifs (C(OH)–C–C–N with tert-alkyl or cyclic N) is 1. The maximum absolute atomic E-state index is 8.86. The van der Waals surface area contributed by atoms with Gasteiger partial charge in [0.25, 0.3) is 0 Å². The van der Waals surface area contributed by atoms with Gasteiger partial charge in [-0.05, 0) is 18.9 Å². The van der Waals surface area contributed by atoms with Crippen molar-refractivity contribution in [2.45, 2.75) is 38.8 Å². The molecule has 0 aromatic carbocycles. The van der Waals surface area contributed by atoms with Crippen LogP contribution in [0.5, 0.6) is 0 Å². The van der Waals surface area contributed by atoms with Crippen LogP contribution in [0, 0.1) is 0 Å². The average Bonchev–Trinajstić information content (AvgIpc) is 2.66. The molecule has 1 heterocycles. The highest BCUT2D eigenvalue weighted by atomic mass is 16.3. The van der Waals surface area contributed by atoms with Crippen LogP contribution in [0.2, 0.25) is 0 Å². The SMILES string of the molecule is CCCCC/C=C/C1N=CCN1CCO. The molecule has 0 saturated carbocycles. The van der Waals surface area contributed by atoms with E-state index in [0.29, 0.717) is 6.54 Å². The zero-order valence-corrected chi connectivity index (χ0v) is 9.60. The molecule has 1 rings (SSSR count). The third-order valence-corrected chi connectivity index (χ3v) is 2.62. The van der Waals surface area contributed by atoms with Crippen LogP contribution in [0.15, 0.2) is 17.1 Å². The van der Waals surface area contributed by atoms with Gasteiger partial charge in [-0.15, -0.1) is 0 Å². The summed E-state index contributed by atoms with van der Waals surface area (Å²) in [5.41, 5.74) is 0. The van der Waals surface area contributed by atoms with E-state index in [-0.39, 0.29) is 12.8 Å². The fourth-order valence-corrected chi connectivity index (χ4v) is 1.72. The maximum atomic E-state index is 8.86. The van der Waals surface area contributed by atoms with Crippen LogP contribution in [0.25, 0.3) is 0 Å². The van der Waals surface area contributed by atoms with E-state index in [2.05, 4.69) is 29.0 Å². The van der Waals surface area contributed by atoms with Crippen LogP contribution in [0.1, 0.15) is 32.6 Å². The van der Waals surface area contributed by atoms with Gasteiger partial charge in [-0.3, -0.25) is 9.89 Å². The molecular weight excluding hydrogens is 188 g/mol. The van der Waals surface area contributed by atoms with Gasteiger partial charge in [-0.1, -0.05) is 25.8 Å². The van der Waals surface area contributed by atoms with Gasteiger partial charge in [0.15, 0.2) is 0 Å². The van der Waals surface area contributed by atoms with E-state index >= 15 is 0 Å². The molecule has 0 saturated heterocycles. The van der Waals surface area contributed by atoms with Gasteiger partial charge in [0.05, 0.1) is 6.61 Å². The maximum Gasteiger partial charge on any atom is 0.121 e. The molecule has 0 aromatic rings. The van der Waals surface area contributed by atoms with Gasteiger partial charge < -0.3 is 5.11 Å². The van der Waals surface area contributed by atoms with Crippen LogP contribution in [-0.4, -0.2) is 42.1 Å². The molecular formula is C12H22N2O. The predicted octanol–water partition coefficient (Wildman–Crippen LogP) is 1.83. The average molecular weight is 210 g/mol. The first kappa shape index (κ1) is 12.4. The lowest BCUT2D eigenvalue weighted by Gasteiger charge is -2.18. The van der Waals surface area contributed by atoms with E-state index in [4.69, 9.17) is 5.11 Å². The second-order valence-electron chi connectivity index (χ2n) is 3.89. The molecule has 0 fully saturated rings. The molecule has 3 nitrogen and oxygen atoms in total. The zero-order chi connectivity index (χ0) is 10.9. The van der Waals surface area contributed by atoms with Crippen molar-refractivity contribution in [2.75, 3.05) is 19.7 Å². The predicted molar refractivity (Wildman–Crippen MR) is 64.2 cm³/mol. The first-order chi connectivity index (χ1) is 7.38. The van der Waals surface area contributed by atoms with Crippen molar-refractivity contribution in [3.8, 4) is 0 Å². The van der Waals surface area contributed by atoms with E-state index in [0.717, 1.165) is 13.0 Å². The Morgan fingerprint density at radius 3 is 3.13 bits per heavy atom. The molecule has 0 spiro atoms. The van der Waals surface area contributed by atoms with E-state index in [1.54, 1.807) is 0 Å². The van der Waals surface area contributed by atoms with Gasteiger partial charge in [0, 0.05) is 19.3 Å². The summed E-state index contributed by atoms with van der Waals surface area (Å²) in [5, 5.41) is 8.86. The third-order valence-electron chi connectivity index (χ3n) is 2.62. The van der Waals surface area contributed by atoms with Crippen LogP contribution >= 0.6 is 0 Å². The summed E-state index contributed by atoms with van der Waals surface area (Å²) in [6, 6.07) is 0. The molecule has 86 valence electrons. The quantitative estimate of drug-likeness (QED) is 0.514. The van der Waals surface area contributed by atoms with Crippen LogP contribution in [0.4, 0.5) is 0 Å². The fourth-order valence-electron chi connectivity index (χ4n) is 1.72. The van der Waals surface area contributed by atoms with E-state index < -0.39 is 0 Å². The minimum Gasteiger partial charge on any atom is -0.395 e. The molecule has 0 bridgehead atoms. The number of hydrogen-bond donors (Lipinski definition) is 1. The Kier molecular flexibility index (Phi) is 6.28. The van der Waals surface area contributed by atoms with Gasteiger partial charge in [-0.25, -0.2) is 0 Å². The largest absolute Gasteiger partial charge is 0.395 e. The topological polar surface area (TPSA) is 35.8 Å². The van der Waals surface area contributed by atoms with Crippen LogP contribution in [0.3, 0.4) is 0 Å². The second kappa shape index (κ2) is 7.60. The van der Waals surface area contributed by atoms with Crippen molar-refractivity contribution in [3.05, 3.63) is 12.2 Å². The lowest BCUT2D eigenvalue weighted by atomic mass is 10.2. The molecule has 1 aliphatic heterocycles. The van der Waals surface area contributed by atoms with E-state index in [1.165, 1.54) is 19.3 Å². The number of aliphatic hydroxyl groups excluding tert-OH is 1.